The summed E-state index contributed by atoms with van der Waals surface area (Å²) in [5.74, 6) is -0.307. The molecule has 0 bridgehead atoms. The summed E-state index contributed by atoms with van der Waals surface area (Å²) in [4.78, 5) is 13.2. The van der Waals surface area contributed by atoms with Crippen LogP contribution in [0.4, 0.5) is 0 Å². The zero-order valence-corrected chi connectivity index (χ0v) is 8.66. The summed E-state index contributed by atoms with van der Waals surface area (Å²) in [6.45, 7) is 5.19. The predicted octanol–water partition coefficient (Wildman–Crippen LogP) is 0.488. The molecule has 0 aliphatic carbocycles. The molecule has 0 aromatic rings. The van der Waals surface area contributed by atoms with Crippen LogP contribution in [-0.2, 0) is 9.53 Å². The number of hydrogen-bond acceptors (Lipinski definition) is 3. The third-order valence-electron chi connectivity index (χ3n) is 2.22. The largest absolute Gasteiger partial charge is 0.378 e. The first-order valence-electron chi connectivity index (χ1n) is 5.06. The van der Waals surface area contributed by atoms with Gasteiger partial charge in [-0.25, -0.2) is 0 Å². The van der Waals surface area contributed by atoms with Crippen LogP contribution in [0.25, 0.3) is 0 Å². The first-order valence-corrected chi connectivity index (χ1v) is 5.06. The molecule has 0 aromatic carbocycles. The van der Waals surface area contributed by atoms with Gasteiger partial charge in [-0.3, -0.25) is 4.79 Å². The highest BCUT2D eigenvalue weighted by atomic mass is 16.5. The van der Waals surface area contributed by atoms with Crippen LogP contribution in [0.15, 0.2) is 11.8 Å². The molecule has 0 radical (unpaired) electrons. The van der Waals surface area contributed by atoms with Crippen molar-refractivity contribution in [2.45, 2.75) is 19.8 Å². The molecule has 0 atom stereocenters. The Hall–Kier alpha value is -1.03. The van der Waals surface area contributed by atoms with Crippen LogP contribution in [0, 0.1) is 0 Å². The van der Waals surface area contributed by atoms with Gasteiger partial charge >= 0.3 is 0 Å². The number of carbonyl (C=O) groups excluding carboxylic acids is 1. The van der Waals surface area contributed by atoms with Crippen LogP contribution in [-0.4, -0.2) is 37.1 Å². The second kappa shape index (κ2) is 5.65. The molecule has 1 saturated heterocycles. The van der Waals surface area contributed by atoms with Crippen molar-refractivity contribution in [3.05, 3.63) is 11.8 Å². The van der Waals surface area contributed by atoms with Crippen molar-refractivity contribution in [2.24, 2.45) is 5.73 Å². The third-order valence-corrected chi connectivity index (χ3v) is 2.22. The van der Waals surface area contributed by atoms with Crippen molar-refractivity contribution < 1.29 is 9.53 Å². The fraction of sp³-hybridized carbons (Fsp3) is 0.700. The summed E-state index contributed by atoms with van der Waals surface area (Å²) in [7, 11) is 0. The minimum absolute atomic E-state index is 0.307. The van der Waals surface area contributed by atoms with Crippen LogP contribution in [0.2, 0.25) is 0 Å². The lowest BCUT2D eigenvalue weighted by atomic mass is 10.1. The minimum Gasteiger partial charge on any atom is -0.378 e. The van der Waals surface area contributed by atoms with E-state index in [9.17, 15) is 4.79 Å². The van der Waals surface area contributed by atoms with Crippen LogP contribution in [0.5, 0.6) is 0 Å². The van der Waals surface area contributed by atoms with E-state index >= 15 is 0 Å². The lowest BCUT2D eigenvalue weighted by molar-refractivity contribution is -0.114. The summed E-state index contributed by atoms with van der Waals surface area (Å²) in [5.41, 5.74) is 5.99. The van der Waals surface area contributed by atoms with E-state index in [-0.39, 0.29) is 5.91 Å². The fourth-order valence-electron chi connectivity index (χ4n) is 1.45. The smallest absolute Gasteiger partial charge is 0.246 e. The minimum atomic E-state index is -0.307. The van der Waals surface area contributed by atoms with E-state index < -0.39 is 0 Å². The summed E-state index contributed by atoms with van der Waals surface area (Å²) >= 11 is 0. The van der Waals surface area contributed by atoms with Gasteiger partial charge < -0.3 is 15.4 Å². The highest BCUT2D eigenvalue weighted by Crippen LogP contribution is 2.07. The van der Waals surface area contributed by atoms with Crippen LogP contribution in [0.1, 0.15) is 19.8 Å². The Morgan fingerprint density at radius 2 is 2.14 bits per heavy atom. The number of nitrogens with two attached hydrogens (primary N) is 1. The van der Waals surface area contributed by atoms with E-state index in [1.807, 2.05) is 13.1 Å². The normalized spacial score (nSPS) is 18.4. The molecule has 1 fully saturated rings. The number of rotatable bonds is 4. The number of nitrogens with zero attached hydrogens (tertiary/aromatic N) is 1. The van der Waals surface area contributed by atoms with Gasteiger partial charge in [0.1, 0.15) is 0 Å². The molecular formula is C10H18N2O2. The third kappa shape index (κ3) is 3.38. The van der Waals surface area contributed by atoms with Crippen molar-refractivity contribution in [3.63, 3.8) is 0 Å². The molecule has 1 amide bonds. The Morgan fingerprint density at radius 1 is 1.50 bits per heavy atom. The number of amides is 1. The van der Waals surface area contributed by atoms with Crippen LogP contribution in [0.3, 0.4) is 0 Å². The maximum Gasteiger partial charge on any atom is 0.246 e. The predicted molar refractivity (Wildman–Crippen MR) is 54.6 cm³/mol. The van der Waals surface area contributed by atoms with E-state index in [0.29, 0.717) is 0 Å². The van der Waals surface area contributed by atoms with Gasteiger partial charge in [0.2, 0.25) is 5.91 Å². The van der Waals surface area contributed by atoms with Crippen molar-refractivity contribution in [1.29, 1.82) is 0 Å². The van der Waals surface area contributed by atoms with Crippen LogP contribution < -0.4 is 5.73 Å². The number of primary amides is 1. The maximum atomic E-state index is 11.1. The summed E-state index contributed by atoms with van der Waals surface area (Å²) in [5, 5.41) is 0. The number of ether oxygens (including phenoxy) is 1. The fourth-order valence-corrected chi connectivity index (χ4v) is 1.45. The quantitative estimate of drug-likeness (QED) is 0.669. The number of carbonyl (C=O) groups is 1. The summed E-state index contributed by atoms with van der Waals surface area (Å²) in [6, 6.07) is 0. The highest BCUT2D eigenvalue weighted by Gasteiger charge is 2.10. The molecule has 4 nitrogen and oxygen atoms in total. The van der Waals surface area contributed by atoms with Gasteiger partial charge in [0, 0.05) is 24.9 Å². The molecule has 0 saturated carbocycles. The van der Waals surface area contributed by atoms with Gasteiger partial charge in [-0.2, -0.15) is 0 Å². The SMILES string of the molecule is CCCC(=CN1CCOCC1)C(N)=O. The Balaban J connectivity index is 2.55. The van der Waals surface area contributed by atoms with E-state index in [1.165, 1.54) is 0 Å². The average molecular weight is 198 g/mol. The molecular weight excluding hydrogens is 180 g/mol. The molecule has 14 heavy (non-hydrogen) atoms. The first kappa shape index (κ1) is 11.0. The van der Waals surface area contributed by atoms with Crippen molar-refractivity contribution >= 4 is 5.91 Å². The van der Waals surface area contributed by atoms with Crippen LogP contribution >= 0.6 is 0 Å². The Bertz CT molecular complexity index is 220. The summed E-state index contributed by atoms with van der Waals surface area (Å²) in [6.07, 6.45) is 3.58. The van der Waals surface area contributed by atoms with Gasteiger partial charge in [0.05, 0.1) is 13.2 Å². The molecule has 80 valence electrons. The average Bonchev–Trinajstić information content (AvgIpc) is 2.18. The van der Waals surface area contributed by atoms with Crippen molar-refractivity contribution in [2.75, 3.05) is 26.3 Å². The molecule has 1 heterocycles. The zero-order valence-electron chi connectivity index (χ0n) is 8.66. The van der Waals surface area contributed by atoms with E-state index in [2.05, 4.69) is 4.90 Å². The monoisotopic (exact) mass is 198 g/mol. The molecule has 0 unspecified atom stereocenters. The Labute approximate surface area is 84.7 Å². The number of morpholine rings is 1. The lowest BCUT2D eigenvalue weighted by Crippen LogP contribution is -2.33. The second-order valence-electron chi connectivity index (χ2n) is 3.42. The second-order valence-corrected chi connectivity index (χ2v) is 3.42. The zero-order chi connectivity index (χ0) is 10.4. The highest BCUT2D eigenvalue weighted by molar-refractivity contribution is 5.91. The molecule has 0 spiro atoms. The lowest BCUT2D eigenvalue weighted by Gasteiger charge is -2.26. The number of hydrogen-bond donors (Lipinski definition) is 1. The molecule has 1 aliphatic rings. The van der Waals surface area contributed by atoms with Gasteiger partial charge in [-0.1, -0.05) is 13.3 Å². The molecule has 2 N–H and O–H groups in total. The van der Waals surface area contributed by atoms with Gasteiger partial charge in [-0.05, 0) is 6.42 Å². The van der Waals surface area contributed by atoms with Crippen molar-refractivity contribution in [3.8, 4) is 0 Å². The molecule has 0 aromatic heterocycles. The van der Waals surface area contributed by atoms with Gasteiger partial charge in [0.15, 0.2) is 0 Å². The first-order chi connectivity index (χ1) is 6.74. The van der Waals surface area contributed by atoms with Gasteiger partial charge in [-0.15, -0.1) is 0 Å². The van der Waals surface area contributed by atoms with Crippen molar-refractivity contribution in [1.82, 2.24) is 4.90 Å². The van der Waals surface area contributed by atoms with Gasteiger partial charge in [0.25, 0.3) is 0 Å². The Morgan fingerprint density at radius 3 is 2.64 bits per heavy atom. The topological polar surface area (TPSA) is 55.6 Å². The van der Waals surface area contributed by atoms with E-state index in [4.69, 9.17) is 10.5 Å². The molecule has 1 aliphatic heterocycles. The van der Waals surface area contributed by atoms with E-state index in [0.717, 1.165) is 44.7 Å². The van der Waals surface area contributed by atoms with E-state index in [1.54, 1.807) is 0 Å². The maximum absolute atomic E-state index is 11.1. The molecule has 1 rings (SSSR count). The molecule has 4 heteroatoms. The standard InChI is InChI=1S/C10H18N2O2/c1-2-3-9(10(11)13)8-12-4-6-14-7-5-12/h8H,2-7H2,1H3,(H2,11,13). The Kier molecular flexibility index (Phi) is 4.46. The summed E-state index contributed by atoms with van der Waals surface area (Å²) < 4.78 is 5.21.